The second kappa shape index (κ2) is 8.03. The maximum atomic E-state index is 12.9. The summed E-state index contributed by atoms with van der Waals surface area (Å²) in [6.45, 7) is 4.16. The van der Waals surface area contributed by atoms with Gasteiger partial charge in [0.2, 0.25) is 5.91 Å². The van der Waals surface area contributed by atoms with Crippen LogP contribution >= 0.6 is 11.3 Å². The smallest absolute Gasteiger partial charge is 0.229 e. The van der Waals surface area contributed by atoms with Crippen molar-refractivity contribution in [2.75, 3.05) is 5.32 Å². The fraction of sp³-hybridized carbons (Fsp3) is 0.412. The molecule has 0 radical (unpaired) electrons. The van der Waals surface area contributed by atoms with Gasteiger partial charge in [0.25, 0.3) is 0 Å². The first-order chi connectivity index (χ1) is 10.6. The van der Waals surface area contributed by atoms with Crippen molar-refractivity contribution in [2.45, 2.75) is 39.5 Å². The average molecular weight is 320 g/mol. The van der Waals surface area contributed by atoms with Gasteiger partial charge in [-0.1, -0.05) is 26.7 Å². The SMILES string of the molecule is CCCC[C@@H](CC)C(=O)Nc1nc(-c2ccc(F)cc2)cs1. The van der Waals surface area contributed by atoms with Crippen molar-refractivity contribution in [1.82, 2.24) is 4.98 Å². The molecule has 0 unspecified atom stereocenters. The number of nitrogens with one attached hydrogen (secondary N) is 1. The summed E-state index contributed by atoms with van der Waals surface area (Å²) in [6, 6.07) is 6.19. The van der Waals surface area contributed by atoms with Crippen molar-refractivity contribution < 1.29 is 9.18 Å². The Hall–Kier alpha value is -1.75. The van der Waals surface area contributed by atoms with Gasteiger partial charge < -0.3 is 5.32 Å². The summed E-state index contributed by atoms with van der Waals surface area (Å²) in [6.07, 6.45) is 3.90. The number of halogens is 1. The normalized spacial score (nSPS) is 12.1. The van der Waals surface area contributed by atoms with Crippen molar-refractivity contribution in [2.24, 2.45) is 5.92 Å². The van der Waals surface area contributed by atoms with Crippen LogP contribution in [0.5, 0.6) is 0 Å². The van der Waals surface area contributed by atoms with Crippen molar-refractivity contribution in [3.05, 3.63) is 35.5 Å². The van der Waals surface area contributed by atoms with Crippen LogP contribution < -0.4 is 5.32 Å². The minimum atomic E-state index is -0.269. The van der Waals surface area contributed by atoms with Gasteiger partial charge in [-0.3, -0.25) is 4.79 Å². The van der Waals surface area contributed by atoms with Gasteiger partial charge >= 0.3 is 0 Å². The number of nitrogens with zero attached hydrogens (tertiary/aromatic N) is 1. The summed E-state index contributed by atoms with van der Waals surface area (Å²) in [5.41, 5.74) is 1.60. The molecule has 1 atom stereocenters. The predicted octanol–water partition coefficient (Wildman–Crippen LogP) is 5.10. The number of hydrogen-bond acceptors (Lipinski definition) is 3. The lowest BCUT2D eigenvalue weighted by atomic mass is 9.99. The Morgan fingerprint density at radius 1 is 1.32 bits per heavy atom. The molecule has 1 aromatic carbocycles. The van der Waals surface area contributed by atoms with Crippen LogP contribution in [0.15, 0.2) is 29.6 Å². The van der Waals surface area contributed by atoms with Crippen LogP contribution in [0.4, 0.5) is 9.52 Å². The van der Waals surface area contributed by atoms with Gasteiger partial charge in [-0.2, -0.15) is 0 Å². The molecule has 1 aromatic heterocycles. The predicted molar refractivity (Wildman–Crippen MR) is 89.4 cm³/mol. The number of aromatic nitrogens is 1. The highest BCUT2D eigenvalue weighted by Crippen LogP contribution is 2.26. The van der Waals surface area contributed by atoms with Gasteiger partial charge in [0.15, 0.2) is 5.13 Å². The van der Waals surface area contributed by atoms with Gasteiger partial charge in [-0.15, -0.1) is 11.3 Å². The Kier molecular flexibility index (Phi) is 6.07. The van der Waals surface area contributed by atoms with Crippen LogP contribution in [0.2, 0.25) is 0 Å². The molecular formula is C17H21FN2OS. The zero-order chi connectivity index (χ0) is 15.9. The number of carbonyl (C=O) groups is 1. The summed E-state index contributed by atoms with van der Waals surface area (Å²) in [5, 5.41) is 5.37. The van der Waals surface area contributed by atoms with Gasteiger partial charge in [0.1, 0.15) is 5.82 Å². The summed E-state index contributed by atoms with van der Waals surface area (Å²) >= 11 is 1.39. The summed E-state index contributed by atoms with van der Waals surface area (Å²) < 4.78 is 12.9. The molecule has 1 amide bonds. The largest absolute Gasteiger partial charge is 0.302 e. The van der Waals surface area contributed by atoms with Crippen LogP contribution in [0.3, 0.4) is 0 Å². The standard InChI is InChI=1S/C17H21FN2OS/c1-3-5-6-12(4-2)16(21)20-17-19-15(11-22-17)13-7-9-14(18)10-8-13/h7-12H,3-6H2,1-2H3,(H,19,20,21)/t12-/m1/s1. The van der Waals surface area contributed by atoms with Crippen molar-refractivity contribution in [3.8, 4) is 11.3 Å². The van der Waals surface area contributed by atoms with E-state index in [4.69, 9.17) is 0 Å². The van der Waals surface area contributed by atoms with Crippen molar-refractivity contribution >= 4 is 22.4 Å². The van der Waals surface area contributed by atoms with Crippen LogP contribution in [-0.2, 0) is 4.79 Å². The quantitative estimate of drug-likeness (QED) is 0.771. The second-order valence-electron chi connectivity index (χ2n) is 5.28. The minimum absolute atomic E-state index is 0.0379. The van der Waals surface area contributed by atoms with Gasteiger partial charge in [-0.05, 0) is 37.1 Å². The molecule has 0 spiro atoms. The molecule has 0 aliphatic rings. The summed E-state index contributed by atoms with van der Waals surface area (Å²) in [5.74, 6) is -0.191. The maximum Gasteiger partial charge on any atom is 0.229 e. The third-order valence-electron chi connectivity index (χ3n) is 3.64. The fourth-order valence-corrected chi connectivity index (χ4v) is 2.99. The van der Waals surface area contributed by atoms with E-state index in [1.807, 2.05) is 12.3 Å². The van der Waals surface area contributed by atoms with E-state index in [0.29, 0.717) is 5.13 Å². The molecule has 0 bridgehead atoms. The number of anilines is 1. The Labute approximate surface area is 134 Å². The van der Waals surface area contributed by atoms with Crippen LogP contribution in [0, 0.1) is 11.7 Å². The van der Waals surface area contributed by atoms with E-state index >= 15 is 0 Å². The monoisotopic (exact) mass is 320 g/mol. The average Bonchev–Trinajstić information content (AvgIpc) is 2.97. The summed E-state index contributed by atoms with van der Waals surface area (Å²) in [4.78, 5) is 16.7. The lowest BCUT2D eigenvalue weighted by Gasteiger charge is -2.12. The first-order valence-corrected chi connectivity index (χ1v) is 8.54. The molecule has 0 saturated heterocycles. The van der Waals surface area contributed by atoms with E-state index in [1.165, 1.54) is 23.5 Å². The topological polar surface area (TPSA) is 42.0 Å². The second-order valence-corrected chi connectivity index (χ2v) is 6.14. The molecular weight excluding hydrogens is 299 g/mol. The lowest BCUT2D eigenvalue weighted by Crippen LogP contribution is -2.22. The first kappa shape index (κ1) is 16.6. The lowest BCUT2D eigenvalue weighted by molar-refractivity contribution is -0.120. The van der Waals surface area contributed by atoms with E-state index in [2.05, 4.69) is 17.2 Å². The van der Waals surface area contributed by atoms with Crippen LogP contribution in [-0.4, -0.2) is 10.9 Å². The van der Waals surface area contributed by atoms with E-state index < -0.39 is 0 Å². The minimum Gasteiger partial charge on any atom is -0.302 e. The molecule has 1 heterocycles. The number of hydrogen-bond donors (Lipinski definition) is 1. The number of rotatable bonds is 7. The van der Waals surface area contributed by atoms with E-state index in [9.17, 15) is 9.18 Å². The molecule has 1 N–H and O–H groups in total. The van der Waals surface area contributed by atoms with E-state index in [0.717, 1.165) is 36.9 Å². The maximum absolute atomic E-state index is 12.9. The third-order valence-corrected chi connectivity index (χ3v) is 4.40. The van der Waals surface area contributed by atoms with E-state index in [1.54, 1.807) is 12.1 Å². The Morgan fingerprint density at radius 2 is 2.05 bits per heavy atom. The Balaban J connectivity index is 2.02. The molecule has 2 rings (SSSR count). The zero-order valence-corrected chi connectivity index (χ0v) is 13.8. The molecule has 0 aliphatic carbocycles. The number of amides is 1. The zero-order valence-electron chi connectivity index (χ0n) is 12.9. The Bertz CT molecular complexity index is 609. The number of unbranched alkanes of at least 4 members (excludes halogenated alkanes) is 1. The molecule has 0 aliphatic heterocycles. The summed E-state index contributed by atoms with van der Waals surface area (Å²) in [7, 11) is 0. The molecule has 118 valence electrons. The molecule has 0 saturated carbocycles. The van der Waals surface area contributed by atoms with Gasteiger partial charge in [0.05, 0.1) is 5.69 Å². The number of carbonyl (C=O) groups excluding carboxylic acids is 1. The van der Waals surface area contributed by atoms with Crippen LogP contribution in [0.25, 0.3) is 11.3 Å². The first-order valence-electron chi connectivity index (χ1n) is 7.66. The van der Waals surface area contributed by atoms with Crippen molar-refractivity contribution in [1.29, 1.82) is 0 Å². The number of benzene rings is 1. The molecule has 22 heavy (non-hydrogen) atoms. The van der Waals surface area contributed by atoms with Crippen LogP contribution in [0.1, 0.15) is 39.5 Å². The highest BCUT2D eigenvalue weighted by molar-refractivity contribution is 7.14. The van der Waals surface area contributed by atoms with E-state index in [-0.39, 0.29) is 17.6 Å². The third kappa shape index (κ3) is 4.37. The highest BCUT2D eigenvalue weighted by Gasteiger charge is 2.17. The van der Waals surface area contributed by atoms with Gasteiger partial charge in [-0.25, -0.2) is 9.37 Å². The molecule has 0 fully saturated rings. The molecule has 3 nitrogen and oxygen atoms in total. The highest BCUT2D eigenvalue weighted by atomic mass is 32.1. The van der Waals surface area contributed by atoms with Gasteiger partial charge in [0, 0.05) is 16.9 Å². The molecule has 5 heteroatoms. The fourth-order valence-electron chi connectivity index (χ4n) is 2.26. The number of thiazole rings is 1. The molecule has 2 aromatic rings. The van der Waals surface area contributed by atoms with Crippen molar-refractivity contribution in [3.63, 3.8) is 0 Å². The Morgan fingerprint density at radius 3 is 2.68 bits per heavy atom.